The molecule has 0 aliphatic carbocycles. The Morgan fingerprint density at radius 3 is 2.79 bits per heavy atom. The summed E-state index contributed by atoms with van der Waals surface area (Å²) in [6.45, 7) is 5.24. The molecule has 2 rings (SSSR count). The molecule has 7 heteroatoms. The fraction of sp³-hybridized carbons (Fsp3) is 0.588. The number of nitrogens with one attached hydrogen (secondary N) is 2. The Balaban J connectivity index is 1.69. The number of nitrogens with zero attached hydrogens (tertiary/aromatic N) is 1. The molecule has 2 atom stereocenters. The monoisotopic (exact) mass is 335 g/mol. The number of amides is 3. The van der Waals surface area contributed by atoms with Gasteiger partial charge in [-0.2, -0.15) is 0 Å². The van der Waals surface area contributed by atoms with Crippen LogP contribution in [0.4, 0.5) is 0 Å². The molecule has 1 aliphatic rings. The van der Waals surface area contributed by atoms with Gasteiger partial charge in [-0.3, -0.25) is 14.4 Å². The zero-order chi connectivity index (χ0) is 17.5. The molecule has 1 aliphatic heterocycles. The van der Waals surface area contributed by atoms with Gasteiger partial charge in [0.05, 0.1) is 17.7 Å². The first kappa shape index (κ1) is 18.0. The van der Waals surface area contributed by atoms with E-state index < -0.39 is 0 Å². The molecule has 0 aromatic carbocycles. The van der Waals surface area contributed by atoms with Crippen LogP contribution in [0.15, 0.2) is 23.0 Å². The molecule has 132 valence electrons. The first-order chi connectivity index (χ1) is 11.5. The van der Waals surface area contributed by atoms with Gasteiger partial charge in [0.25, 0.3) is 5.91 Å². The SMILES string of the molecule is CCCC(C)N1CC(C(=O)NCCNC(=O)c2ccoc2)CC1=O. The van der Waals surface area contributed by atoms with Crippen molar-refractivity contribution in [3.63, 3.8) is 0 Å². The summed E-state index contributed by atoms with van der Waals surface area (Å²) >= 11 is 0. The van der Waals surface area contributed by atoms with Gasteiger partial charge < -0.3 is 20.0 Å². The van der Waals surface area contributed by atoms with Crippen LogP contribution >= 0.6 is 0 Å². The van der Waals surface area contributed by atoms with Gasteiger partial charge >= 0.3 is 0 Å². The second-order valence-electron chi connectivity index (χ2n) is 6.14. The van der Waals surface area contributed by atoms with E-state index in [-0.39, 0.29) is 36.1 Å². The van der Waals surface area contributed by atoms with E-state index in [2.05, 4.69) is 17.6 Å². The number of rotatable bonds is 8. The highest BCUT2D eigenvalue weighted by Crippen LogP contribution is 2.22. The standard InChI is InChI=1S/C17H25N3O4/c1-3-4-12(2)20-10-14(9-15(20)21)17(23)19-7-6-18-16(22)13-5-8-24-11-13/h5,8,11-12,14H,3-4,6-7,9-10H2,1-2H3,(H,18,22)(H,19,23). The Bertz CT molecular complexity index is 570. The van der Waals surface area contributed by atoms with Crippen LogP contribution in [0.1, 0.15) is 43.5 Å². The molecule has 2 unspecified atom stereocenters. The first-order valence-electron chi connectivity index (χ1n) is 8.40. The van der Waals surface area contributed by atoms with E-state index in [1.165, 1.54) is 12.5 Å². The average Bonchev–Trinajstić information content (AvgIpc) is 3.21. The maximum Gasteiger partial charge on any atom is 0.254 e. The number of furan rings is 1. The molecule has 0 saturated carbocycles. The number of hydrogen-bond acceptors (Lipinski definition) is 4. The highest BCUT2D eigenvalue weighted by molar-refractivity contribution is 5.93. The molecule has 1 fully saturated rings. The molecule has 24 heavy (non-hydrogen) atoms. The smallest absolute Gasteiger partial charge is 0.254 e. The fourth-order valence-corrected chi connectivity index (χ4v) is 2.91. The molecule has 1 aromatic heterocycles. The van der Waals surface area contributed by atoms with Gasteiger partial charge in [-0.15, -0.1) is 0 Å². The summed E-state index contributed by atoms with van der Waals surface area (Å²) in [6, 6.07) is 1.75. The van der Waals surface area contributed by atoms with E-state index in [0.717, 1.165) is 12.8 Å². The van der Waals surface area contributed by atoms with Crippen molar-refractivity contribution in [3.8, 4) is 0 Å². The molecular weight excluding hydrogens is 310 g/mol. The Morgan fingerprint density at radius 1 is 1.38 bits per heavy atom. The predicted molar refractivity (Wildman–Crippen MR) is 88.2 cm³/mol. The summed E-state index contributed by atoms with van der Waals surface area (Å²) in [5, 5.41) is 5.47. The van der Waals surface area contributed by atoms with E-state index in [1.54, 1.807) is 11.0 Å². The minimum absolute atomic E-state index is 0.0457. The molecule has 0 bridgehead atoms. The van der Waals surface area contributed by atoms with Gasteiger partial charge in [0, 0.05) is 32.1 Å². The molecular formula is C17H25N3O4. The van der Waals surface area contributed by atoms with Gasteiger partial charge in [0.15, 0.2) is 0 Å². The Kier molecular flexibility index (Phi) is 6.40. The van der Waals surface area contributed by atoms with Gasteiger partial charge in [-0.25, -0.2) is 0 Å². The number of hydrogen-bond donors (Lipinski definition) is 2. The molecule has 0 spiro atoms. The maximum absolute atomic E-state index is 12.2. The third-order valence-electron chi connectivity index (χ3n) is 4.26. The summed E-state index contributed by atoms with van der Waals surface area (Å²) < 4.78 is 4.84. The van der Waals surface area contributed by atoms with Crippen LogP contribution < -0.4 is 10.6 Å². The lowest BCUT2D eigenvalue weighted by Gasteiger charge is -2.24. The number of carbonyl (C=O) groups excluding carboxylic acids is 3. The molecule has 2 N–H and O–H groups in total. The topological polar surface area (TPSA) is 91.7 Å². The lowest BCUT2D eigenvalue weighted by Crippen LogP contribution is -2.39. The third-order valence-corrected chi connectivity index (χ3v) is 4.26. The van der Waals surface area contributed by atoms with Gasteiger partial charge in [-0.1, -0.05) is 13.3 Å². The van der Waals surface area contributed by atoms with Crippen LogP contribution in [0.5, 0.6) is 0 Å². The van der Waals surface area contributed by atoms with E-state index in [9.17, 15) is 14.4 Å². The van der Waals surface area contributed by atoms with Crippen LogP contribution in [0.3, 0.4) is 0 Å². The first-order valence-corrected chi connectivity index (χ1v) is 8.40. The molecule has 1 aromatic rings. The number of carbonyl (C=O) groups is 3. The van der Waals surface area contributed by atoms with Gasteiger partial charge in [0.2, 0.25) is 11.8 Å². The Hall–Kier alpha value is -2.31. The van der Waals surface area contributed by atoms with Gasteiger partial charge in [-0.05, 0) is 19.4 Å². The zero-order valence-corrected chi connectivity index (χ0v) is 14.2. The van der Waals surface area contributed by atoms with Crippen LogP contribution in [-0.4, -0.2) is 48.3 Å². The summed E-state index contributed by atoms with van der Waals surface area (Å²) in [4.78, 5) is 37.7. The normalized spacial score (nSPS) is 18.5. The molecule has 7 nitrogen and oxygen atoms in total. The molecule has 0 radical (unpaired) electrons. The molecule has 2 heterocycles. The van der Waals surface area contributed by atoms with Crippen molar-refractivity contribution < 1.29 is 18.8 Å². The summed E-state index contributed by atoms with van der Waals surface area (Å²) in [5.41, 5.74) is 0.447. The molecule has 1 saturated heterocycles. The summed E-state index contributed by atoms with van der Waals surface area (Å²) in [5.74, 6) is -0.633. The average molecular weight is 335 g/mol. The van der Waals surface area contributed by atoms with E-state index in [0.29, 0.717) is 25.2 Å². The van der Waals surface area contributed by atoms with E-state index in [1.807, 2.05) is 6.92 Å². The second-order valence-corrected chi connectivity index (χ2v) is 6.14. The molecule has 3 amide bonds. The Labute approximate surface area is 141 Å². The van der Waals surface area contributed by atoms with Crippen molar-refractivity contribution in [2.75, 3.05) is 19.6 Å². The lowest BCUT2D eigenvalue weighted by molar-refractivity contribution is -0.130. The number of likely N-dealkylation sites (tertiary alicyclic amines) is 1. The van der Waals surface area contributed by atoms with Crippen molar-refractivity contribution in [1.29, 1.82) is 0 Å². The predicted octanol–water partition coefficient (Wildman–Crippen LogP) is 1.16. The minimum Gasteiger partial charge on any atom is -0.472 e. The van der Waals surface area contributed by atoms with Crippen molar-refractivity contribution in [3.05, 3.63) is 24.2 Å². The summed E-state index contributed by atoms with van der Waals surface area (Å²) in [6.07, 6.45) is 5.02. The fourth-order valence-electron chi connectivity index (χ4n) is 2.91. The zero-order valence-electron chi connectivity index (χ0n) is 14.2. The van der Waals surface area contributed by atoms with Crippen molar-refractivity contribution >= 4 is 17.7 Å². The van der Waals surface area contributed by atoms with Gasteiger partial charge in [0.1, 0.15) is 6.26 Å². The minimum atomic E-state index is -0.304. The second kappa shape index (κ2) is 8.52. The highest BCUT2D eigenvalue weighted by atomic mass is 16.3. The van der Waals surface area contributed by atoms with Crippen LogP contribution in [0, 0.1) is 5.92 Å². The van der Waals surface area contributed by atoms with Crippen LogP contribution in [-0.2, 0) is 9.59 Å². The van der Waals surface area contributed by atoms with Crippen molar-refractivity contribution in [2.24, 2.45) is 5.92 Å². The van der Waals surface area contributed by atoms with E-state index >= 15 is 0 Å². The van der Waals surface area contributed by atoms with Crippen LogP contribution in [0.2, 0.25) is 0 Å². The highest BCUT2D eigenvalue weighted by Gasteiger charge is 2.36. The van der Waals surface area contributed by atoms with Crippen LogP contribution in [0.25, 0.3) is 0 Å². The maximum atomic E-state index is 12.2. The van der Waals surface area contributed by atoms with Crippen molar-refractivity contribution in [2.45, 2.75) is 39.2 Å². The van der Waals surface area contributed by atoms with Crippen molar-refractivity contribution in [1.82, 2.24) is 15.5 Å². The van der Waals surface area contributed by atoms with E-state index in [4.69, 9.17) is 4.42 Å². The third kappa shape index (κ3) is 4.59. The quantitative estimate of drug-likeness (QED) is 0.698. The lowest BCUT2D eigenvalue weighted by atomic mass is 10.1. The summed E-state index contributed by atoms with van der Waals surface area (Å²) in [7, 11) is 0. The largest absolute Gasteiger partial charge is 0.472 e. The Morgan fingerprint density at radius 2 is 2.12 bits per heavy atom.